The number of benzene rings is 3. The van der Waals surface area contributed by atoms with Gasteiger partial charge in [-0.05, 0) is 61.7 Å². The molecule has 3 aromatic carbocycles. The first-order valence-corrected chi connectivity index (χ1v) is 13.6. The van der Waals surface area contributed by atoms with Crippen LogP contribution in [0.2, 0.25) is 0 Å². The third-order valence-corrected chi connectivity index (χ3v) is 6.46. The van der Waals surface area contributed by atoms with E-state index in [9.17, 15) is 9.59 Å². The molecule has 9 heteroatoms. The van der Waals surface area contributed by atoms with Crippen molar-refractivity contribution in [1.82, 2.24) is 9.97 Å². The maximum absolute atomic E-state index is 12.5. The summed E-state index contributed by atoms with van der Waals surface area (Å²) in [5.74, 6) is 0.505. The van der Waals surface area contributed by atoms with Gasteiger partial charge in [-0.25, -0.2) is 14.8 Å². The molecule has 4 aromatic rings. The lowest BCUT2D eigenvalue weighted by molar-refractivity contribution is -0.138. The first kappa shape index (κ1) is 30.0. The summed E-state index contributed by atoms with van der Waals surface area (Å²) in [7, 11) is 0. The Bertz CT molecular complexity index is 1510. The number of nitrogens with one attached hydrogen (secondary N) is 1. The average molecular weight is 567 g/mol. The van der Waals surface area contributed by atoms with Crippen LogP contribution in [0.3, 0.4) is 0 Å². The highest BCUT2D eigenvalue weighted by molar-refractivity contribution is 5.90. The number of aromatic nitrogens is 2. The molecule has 1 atom stereocenters. The molecule has 0 fully saturated rings. The minimum absolute atomic E-state index is 0.206. The molecule has 0 aliphatic rings. The SMILES string of the molecule is C=CCc1c(C)nc(-c2ccccc2)nc1Nc1ccc(C(=O)OCCCOc2ccc(C[C@H](N)C(=O)O)cc2)cc1. The molecule has 1 heterocycles. The van der Waals surface area contributed by atoms with E-state index < -0.39 is 18.0 Å². The van der Waals surface area contributed by atoms with E-state index in [-0.39, 0.29) is 13.0 Å². The molecule has 1 aromatic heterocycles. The number of nitrogens with two attached hydrogens (primary N) is 1. The number of rotatable bonds is 14. The van der Waals surface area contributed by atoms with E-state index in [4.69, 9.17) is 25.3 Å². The number of esters is 1. The van der Waals surface area contributed by atoms with Crippen molar-refractivity contribution in [2.45, 2.75) is 32.2 Å². The number of carboxylic acids is 1. The average Bonchev–Trinajstić information content (AvgIpc) is 3.00. The molecule has 0 aliphatic carbocycles. The van der Waals surface area contributed by atoms with Crippen molar-refractivity contribution in [2.24, 2.45) is 5.73 Å². The monoisotopic (exact) mass is 566 g/mol. The highest BCUT2D eigenvalue weighted by atomic mass is 16.5. The Hall–Kier alpha value is -5.02. The normalized spacial score (nSPS) is 11.4. The molecule has 4 N–H and O–H groups in total. The van der Waals surface area contributed by atoms with Gasteiger partial charge in [0.25, 0.3) is 0 Å². The third kappa shape index (κ3) is 8.25. The molecule has 42 heavy (non-hydrogen) atoms. The van der Waals surface area contributed by atoms with Gasteiger partial charge in [0.2, 0.25) is 0 Å². The zero-order valence-electron chi connectivity index (χ0n) is 23.5. The molecule has 0 aliphatic heterocycles. The lowest BCUT2D eigenvalue weighted by atomic mass is 10.1. The molecular formula is C33H34N4O5. The third-order valence-electron chi connectivity index (χ3n) is 6.46. The van der Waals surface area contributed by atoms with E-state index in [1.165, 1.54) is 0 Å². The summed E-state index contributed by atoms with van der Waals surface area (Å²) in [6.07, 6.45) is 3.19. The minimum Gasteiger partial charge on any atom is -0.493 e. The number of carboxylic acid groups (broad SMARTS) is 1. The van der Waals surface area contributed by atoms with Gasteiger partial charge in [-0.15, -0.1) is 6.58 Å². The predicted octanol–water partition coefficient (Wildman–Crippen LogP) is 5.50. The molecule has 0 radical (unpaired) electrons. The van der Waals surface area contributed by atoms with Crippen molar-refractivity contribution < 1.29 is 24.2 Å². The Labute approximate surface area is 245 Å². The fourth-order valence-electron chi connectivity index (χ4n) is 4.19. The van der Waals surface area contributed by atoms with E-state index in [0.29, 0.717) is 42.4 Å². The van der Waals surface area contributed by atoms with Crippen LogP contribution in [0.15, 0.2) is 91.5 Å². The first-order chi connectivity index (χ1) is 20.3. The van der Waals surface area contributed by atoms with Gasteiger partial charge in [-0.1, -0.05) is 48.5 Å². The Morgan fingerprint density at radius 2 is 1.71 bits per heavy atom. The summed E-state index contributed by atoms with van der Waals surface area (Å²) >= 11 is 0. The zero-order chi connectivity index (χ0) is 29.9. The van der Waals surface area contributed by atoms with Crippen LogP contribution in [-0.2, 0) is 22.4 Å². The zero-order valence-corrected chi connectivity index (χ0v) is 23.5. The van der Waals surface area contributed by atoms with E-state index in [0.717, 1.165) is 28.1 Å². The van der Waals surface area contributed by atoms with Crippen molar-refractivity contribution in [3.8, 4) is 17.1 Å². The van der Waals surface area contributed by atoms with Gasteiger partial charge in [0.1, 0.15) is 17.6 Å². The molecule has 0 spiro atoms. The number of anilines is 2. The van der Waals surface area contributed by atoms with Crippen LogP contribution >= 0.6 is 0 Å². The number of aryl methyl sites for hydroxylation is 1. The number of hydrogen-bond donors (Lipinski definition) is 3. The number of carbonyl (C=O) groups excluding carboxylic acids is 1. The standard InChI is InChI=1S/C33H34N4O5/c1-3-8-28-22(2)35-30(24-9-5-4-6-10-24)37-31(28)36-26-15-13-25(14-16-26)33(40)42-20-7-19-41-27-17-11-23(12-18-27)21-29(34)32(38)39/h3-6,9-18,29H,1,7-8,19-21,34H2,2H3,(H,38,39)(H,35,36,37)/t29-/m0/s1. The highest BCUT2D eigenvalue weighted by Crippen LogP contribution is 2.26. The van der Waals surface area contributed by atoms with E-state index >= 15 is 0 Å². The van der Waals surface area contributed by atoms with Crippen LogP contribution in [-0.4, -0.2) is 46.3 Å². The van der Waals surface area contributed by atoms with Crippen LogP contribution in [0.5, 0.6) is 5.75 Å². The Balaban J connectivity index is 1.28. The first-order valence-electron chi connectivity index (χ1n) is 13.6. The van der Waals surface area contributed by atoms with Crippen molar-refractivity contribution in [1.29, 1.82) is 0 Å². The molecule has 0 saturated heterocycles. The maximum atomic E-state index is 12.5. The largest absolute Gasteiger partial charge is 0.493 e. The highest BCUT2D eigenvalue weighted by Gasteiger charge is 2.14. The van der Waals surface area contributed by atoms with Gasteiger partial charge >= 0.3 is 11.9 Å². The second-order valence-electron chi connectivity index (χ2n) is 9.65. The Morgan fingerprint density at radius 3 is 2.38 bits per heavy atom. The smallest absolute Gasteiger partial charge is 0.338 e. The maximum Gasteiger partial charge on any atom is 0.338 e. The fourth-order valence-corrected chi connectivity index (χ4v) is 4.19. The summed E-state index contributed by atoms with van der Waals surface area (Å²) in [6.45, 7) is 6.39. The number of carbonyl (C=O) groups is 2. The predicted molar refractivity (Wildman–Crippen MR) is 162 cm³/mol. The lowest BCUT2D eigenvalue weighted by Gasteiger charge is -2.14. The molecule has 9 nitrogen and oxygen atoms in total. The van der Waals surface area contributed by atoms with Crippen molar-refractivity contribution in [3.63, 3.8) is 0 Å². The number of ether oxygens (including phenoxy) is 2. The summed E-state index contributed by atoms with van der Waals surface area (Å²) in [4.78, 5) is 32.9. The van der Waals surface area contributed by atoms with E-state index in [1.54, 1.807) is 36.4 Å². The van der Waals surface area contributed by atoms with Crippen molar-refractivity contribution >= 4 is 23.4 Å². The topological polar surface area (TPSA) is 137 Å². The van der Waals surface area contributed by atoms with Gasteiger partial charge in [0.05, 0.1) is 18.8 Å². The van der Waals surface area contributed by atoms with Crippen LogP contribution in [0.1, 0.15) is 33.6 Å². The van der Waals surface area contributed by atoms with Crippen LogP contribution in [0.4, 0.5) is 11.5 Å². The quantitative estimate of drug-likeness (QED) is 0.103. The summed E-state index contributed by atoms with van der Waals surface area (Å²) in [6, 6.07) is 23.0. The molecule has 0 saturated carbocycles. The fraction of sp³-hybridized carbons (Fsp3) is 0.212. The van der Waals surface area contributed by atoms with Crippen LogP contribution in [0, 0.1) is 6.92 Å². The van der Waals surface area contributed by atoms with Crippen molar-refractivity contribution in [2.75, 3.05) is 18.5 Å². The van der Waals surface area contributed by atoms with Gasteiger partial charge in [0.15, 0.2) is 5.82 Å². The van der Waals surface area contributed by atoms with Gasteiger partial charge in [0, 0.05) is 28.9 Å². The van der Waals surface area contributed by atoms with Crippen LogP contribution in [0.25, 0.3) is 11.4 Å². The van der Waals surface area contributed by atoms with Gasteiger partial charge in [-0.2, -0.15) is 0 Å². The summed E-state index contributed by atoms with van der Waals surface area (Å²) in [5.41, 5.74) is 10.3. The molecule has 0 unspecified atom stereocenters. The Morgan fingerprint density at radius 1 is 1.00 bits per heavy atom. The van der Waals surface area contributed by atoms with Crippen molar-refractivity contribution in [3.05, 3.63) is 114 Å². The lowest BCUT2D eigenvalue weighted by Crippen LogP contribution is -2.32. The molecule has 0 amide bonds. The molecule has 0 bridgehead atoms. The Kier molecular flexibility index (Phi) is 10.4. The molecule has 216 valence electrons. The van der Waals surface area contributed by atoms with E-state index in [1.807, 2.05) is 55.5 Å². The van der Waals surface area contributed by atoms with Gasteiger partial charge in [-0.3, -0.25) is 4.79 Å². The number of hydrogen-bond acceptors (Lipinski definition) is 8. The van der Waals surface area contributed by atoms with Gasteiger partial charge < -0.3 is 25.6 Å². The molecule has 4 rings (SSSR count). The minimum atomic E-state index is -1.04. The van der Waals surface area contributed by atoms with E-state index in [2.05, 4.69) is 16.9 Å². The second-order valence-corrected chi connectivity index (χ2v) is 9.65. The number of nitrogens with zero attached hydrogens (tertiary/aromatic N) is 2. The summed E-state index contributed by atoms with van der Waals surface area (Å²) < 4.78 is 11.1. The second kappa shape index (κ2) is 14.6. The number of allylic oxidation sites excluding steroid dienone is 1. The number of aliphatic carboxylic acids is 1. The molecular weight excluding hydrogens is 532 g/mol. The van der Waals surface area contributed by atoms with Crippen LogP contribution < -0.4 is 15.8 Å². The summed E-state index contributed by atoms with van der Waals surface area (Å²) in [5, 5.41) is 12.3.